The van der Waals surface area contributed by atoms with Crippen molar-refractivity contribution in [2.75, 3.05) is 14.2 Å². The molecule has 0 saturated heterocycles. The lowest BCUT2D eigenvalue weighted by Crippen LogP contribution is -1.94. The number of aryl methyl sites for hydroxylation is 2. The van der Waals surface area contributed by atoms with Crippen LogP contribution in [0, 0.1) is 33.5 Å². The Hall–Kier alpha value is -2.03. The van der Waals surface area contributed by atoms with Crippen LogP contribution in [0.3, 0.4) is 0 Å². The van der Waals surface area contributed by atoms with Crippen molar-refractivity contribution in [1.82, 2.24) is 0 Å². The van der Waals surface area contributed by atoms with E-state index in [2.05, 4.69) is 6.92 Å². The van der Waals surface area contributed by atoms with Gasteiger partial charge in [0.2, 0.25) is 0 Å². The topological polar surface area (TPSA) is 18.5 Å². The minimum Gasteiger partial charge on any atom is -0.493 e. The van der Waals surface area contributed by atoms with E-state index in [1.54, 1.807) is 27.2 Å². The molecule has 0 aliphatic heterocycles. The summed E-state index contributed by atoms with van der Waals surface area (Å²) < 4.78 is 22.9. The molecule has 0 fully saturated rings. The Labute approximate surface area is 126 Å². The van der Waals surface area contributed by atoms with Crippen LogP contribution in [-0.4, -0.2) is 14.2 Å². The first-order valence-corrected chi connectivity index (χ1v) is 6.82. The van der Waals surface area contributed by atoms with Crippen molar-refractivity contribution in [2.24, 2.45) is 0 Å². The molecular weight excluding hydrogens is 267 g/mol. The molecule has 0 aliphatic carbocycles. The number of halogens is 1. The smallest absolute Gasteiger partial charge is 0.163 e. The van der Waals surface area contributed by atoms with Gasteiger partial charge in [-0.25, -0.2) is 4.39 Å². The maximum atomic E-state index is 12.6. The summed E-state index contributed by atoms with van der Waals surface area (Å²) in [7, 11) is 3.30. The van der Waals surface area contributed by atoms with Gasteiger partial charge in [-0.1, -0.05) is 18.2 Å². The molecule has 2 aromatic carbocycles. The molecule has 2 rings (SSSR count). The first kappa shape index (κ1) is 17.0. The molecule has 0 radical (unpaired) electrons. The number of rotatable bonds is 2. The van der Waals surface area contributed by atoms with E-state index >= 15 is 0 Å². The number of benzene rings is 2. The zero-order valence-electron chi connectivity index (χ0n) is 13.6. The van der Waals surface area contributed by atoms with Gasteiger partial charge in [-0.05, 0) is 62.1 Å². The van der Waals surface area contributed by atoms with Crippen molar-refractivity contribution in [1.29, 1.82) is 0 Å². The fourth-order valence-corrected chi connectivity index (χ4v) is 1.89. The molecule has 2 nitrogen and oxygen atoms in total. The van der Waals surface area contributed by atoms with E-state index in [9.17, 15) is 4.39 Å². The summed E-state index contributed by atoms with van der Waals surface area (Å²) in [6, 6.07) is 9.04. The highest BCUT2D eigenvalue weighted by Gasteiger charge is 2.07. The molecule has 0 aliphatic rings. The Morgan fingerprint density at radius 3 is 1.86 bits per heavy atom. The van der Waals surface area contributed by atoms with Gasteiger partial charge in [-0.15, -0.1) is 0 Å². The van der Waals surface area contributed by atoms with Crippen LogP contribution in [0.5, 0.6) is 11.5 Å². The fourth-order valence-electron chi connectivity index (χ4n) is 1.89. The van der Waals surface area contributed by atoms with Gasteiger partial charge in [0.05, 0.1) is 14.2 Å². The van der Waals surface area contributed by atoms with Gasteiger partial charge in [0.25, 0.3) is 0 Å². The van der Waals surface area contributed by atoms with E-state index in [1.165, 1.54) is 11.6 Å². The average Bonchev–Trinajstić information content (AvgIpc) is 2.48. The second-order valence-electron chi connectivity index (χ2n) is 4.92. The van der Waals surface area contributed by atoms with Gasteiger partial charge in [-0.3, -0.25) is 0 Å². The molecule has 21 heavy (non-hydrogen) atoms. The third-order valence-electron chi connectivity index (χ3n) is 3.60. The molecule has 3 heteroatoms. The maximum Gasteiger partial charge on any atom is 0.163 e. The summed E-state index contributed by atoms with van der Waals surface area (Å²) >= 11 is 0. The van der Waals surface area contributed by atoms with E-state index in [0.717, 1.165) is 28.2 Å². The number of hydrogen-bond donors (Lipinski definition) is 0. The average molecular weight is 290 g/mol. The first-order valence-electron chi connectivity index (χ1n) is 6.82. The quantitative estimate of drug-likeness (QED) is 0.793. The predicted octanol–water partition coefficient (Wildman–Crippen LogP) is 4.76. The molecule has 2 aromatic rings. The van der Waals surface area contributed by atoms with Crippen LogP contribution in [0.4, 0.5) is 4.39 Å². The second kappa shape index (κ2) is 7.67. The molecule has 0 spiro atoms. The van der Waals surface area contributed by atoms with Gasteiger partial charge in [0, 0.05) is 0 Å². The molecule has 0 unspecified atom stereocenters. The lowest BCUT2D eigenvalue weighted by Gasteiger charge is -2.11. The fraction of sp³-hybridized carbons (Fsp3) is 0.333. The van der Waals surface area contributed by atoms with Gasteiger partial charge in [0.1, 0.15) is 5.82 Å². The van der Waals surface area contributed by atoms with Crippen LogP contribution >= 0.6 is 0 Å². The van der Waals surface area contributed by atoms with Gasteiger partial charge in [-0.2, -0.15) is 0 Å². The zero-order valence-corrected chi connectivity index (χ0v) is 13.6. The minimum absolute atomic E-state index is 0.116. The van der Waals surface area contributed by atoms with Crippen molar-refractivity contribution in [2.45, 2.75) is 27.7 Å². The Morgan fingerprint density at radius 2 is 1.38 bits per heavy atom. The Bertz CT molecular complexity index is 586. The van der Waals surface area contributed by atoms with Crippen molar-refractivity contribution in [3.8, 4) is 11.5 Å². The lowest BCUT2D eigenvalue weighted by atomic mass is 10.1. The highest BCUT2D eigenvalue weighted by Crippen LogP contribution is 2.31. The van der Waals surface area contributed by atoms with Crippen LogP contribution < -0.4 is 9.47 Å². The Kier molecular flexibility index (Phi) is 6.22. The molecule has 0 atom stereocenters. The molecule has 0 amide bonds. The highest BCUT2D eigenvalue weighted by molar-refractivity contribution is 5.49. The van der Waals surface area contributed by atoms with E-state index in [-0.39, 0.29) is 5.82 Å². The first-order chi connectivity index (χ1) is 9.92. The molecule has 0 saturated carbocycles. The normalized spacial score (nSPS) is 9.67. The van der Waals surface area contributed by atoms with E-state index < -0.39 is 0 Å². The van der Waals surface area contributed by atoms with E-state index in [0.29, 0.717) is 0 Å². The zero-order chi connectivity index (χ0) is 16.0. The third kappa shape index (κ3) is 4.22. The molecular formula is C18H23FO2. The molecule has 114 valence electrons. The Morgan fingerprint density at radius 1 is 0.762 bits per heavy atom. The maximum absolute atomic E-state index is 12.6. The third-order valence-corrected chi connectivity index (χ3v) is 3.60. The number of methoxy groups -OCH3 is 2. The van der Waals surface area contributed by atoms with Crippen LogP contribution in [0.15, 0.2) is 30.3 Å². The van der Waals surface area contributed by atoms with Gasteiger partial charge < -0.3 is 9.47 Å². The molecule has 0 heterocycles. The number of hydrogen-bond acceptors (Lipinski definition) is 2. The minimum atomic E-state index is -0.116. The summed E-state index contributed by atoms with van der Waals surface area (Å²) in [6.07, 6.45) is 0. The van der Waals surface area contributed by atoms with Crippen LogP contribution in [0.25, 0.3) is 0 Å². The molecule has 0 bridgehead atoms. The molecule has 0 aromatic heterocycles. The van der Waals surface area contributed by atoms with E-state index in [4.69, 9.17) is 9.47 Å². The van der Waals surface area contributed by atoms with Crippen molar-refractivity contribution < 1.29 is 13.9 Å². The van der Waals surface area contributed by atoms with Crippen molar-refractivity contribution >= 4 is 0 Å². The lowest BCUT2D eigenvalue weighted by molar-refractivity contribution is 0.352. The number of ether oxygens (including phenoxy) is 2. The highest BCUT2D eigenvalue weighted by atomic mass is 19.1. The van der Waals surface area contributed by atoms with Crippen LogP contribution in [-0.2, 0) is 0 Å². The van der Waals surface area contributed by atoms with Crippen molar-refractivity contribution in [3.63, 3.8) is 0 Å². The SMILES string of the molecule is COc1ccc(C)c(C)c1OC.Cc1cccc(F)c1C. The van der Waals surface area contributed by atoms with Gasteiger partial charge >= 0.3 is 0 Å². The second-order valence-corrected chi connectivity index (χ2v) is 4.92. The Balaban J connectivity index is 0.000000219. The van der Waals surface area contributed by atoms with Gasteiger partial charge in [0.15, 0.2) is 11.5 Å². The summed E-state index contributed by atoms with van der Waals surface area (Å²) in [4.78, 5) is 0. The summed E-state index contributed by atoms with van der Waals surface area (Å²) in [5, 5.41) is 0. The van der Waals surface area contributed by atoms with E-state index in [1.807, 2.05) is 32.0 Å². The summed E-state index contributed by atoms with van der Waals surface area (Å²) in [5.41, 5.74) is 4.11. The molecule has 0 N–H and O–H groups in total. The monoisotopic (exact) mass is 290 g/mol. The van der Waals surface area contributed by atoms with Crippen LogP contribution in [0.2, 0.25) is 0 Å². The predicted molar refractivity (Wildman–Crippen MR) is 84.9 cm³/mol. The van der Waals surface area contributed by atoms with Crippen LogP contribution in [0.1, 0.15) is 22.3 Å². The standard InChI is InChI=1S/C10H14O2.C8H9F/c1-7-5-6-9(11-3)10(12-4)8(7)2;1-6-4-3-5-8(9)7(6)2/h5-6H,1-4H3;3-5H,1-2H3. The summed E-state index contributed by atoms with van der Waals surface area (Å²) in [6.45, 7) is 7.76. The summed E-state index contributed by atoms with van der Waals surface area (Å²) in [5.74, 6) is 1.51. The van der Waals surface area contributed by atoms with Crippen molar-refractivity contribution in [3.05, 3.63) is 58.4 Å². The largest absolute Gasteiger partial charge is 0.493 e.